The Balaban J connectivity index is 1.61. The van der Waals surface area contributed by atoms with Crippen molar-refractivity contribution in [3.63, 3.8) is 0 Å². The molecule has 0 aromatic heterocycles. The maximum Gasteiger partial charge on any atom is 0.243 e. The molecule has 0 bridgehead atoms. The van der Waals surface area contributed by atoms with Crippen LogP contribution in [0.15, 0.2) is 53.4 Å². The molecule has 1 amide bonds. The lowest BCUT2D eigenvalue weighted by atomic mass is 9.99. The number of sulfonamides is 1. The summed E-state index contributed by atoms with van der Waals surface area (Å²) in [5.41, 5.74) is 2.06. The molecule has 0 saturated carbocycles. The first kappa shape index (κ1) is 21.3. The van der Waals surface area contributed by atoms with Gasteiger partial charge in [-0.3, -0.25) is 4.79 Å². The number of halogens is 1. The van der Waals surface area contributed by atoms with E-state index in [2.05, 4.69) is 5.32 Å². The number of rotatable bonds is 6. The van der Waals surface area contributed by atoms with E-state index in [1.54, 1.807) is 0 Å². The van der Waals surface area contributed by atoms with Crippen LogP contribution < -0.4 is 10.2 Å². The van der Waals surface area contributed by atoms with Crippen molar-refractivity contribution in [2.75, 3.05) is 32.1 Å². The molecule has 1 fully saturated rings. The smallest absolute Gasteiger partial charge is 0.243 e. The SMILES string of the molecule is CN(C)c1ccc(CNC(=O)[C@@H]2CCCN(S(=O)(=O)c3ccc(F)cc3)C2)cc1. The summed E-state index contributed by atoms with van der Waals surface area (Å²) in [4.78, 5) is 14.7. The molecule has 2 aromatic rings. The van der Waals surface area contributed by atoms with Crippen molar-refractivity contribution < 1.29 is 17.6 Å². The van der Waals surface area contributed by atoms with Crippen molar-refractivity contribution in [2.24, 2.45) is 5.92 Å². The average molecular weight is 420 g/mol. The number of nitrogens with zero attached hydrogens (tertiary/aromatic N) is 2. The van der Waals surface area contributed by atoms with Crippen LogP contribution in [0.25, 0.3) is 0 Å². The van der Waals surface area contributed by atoms with E-state index < -0.39 is 21.8 Å². The van der Waals surface area contributed by atoms with Crippen LogP contribution in [0.1, 0.15) is 18.4 Å². The normalized spacial score (nSPS) is 17.7. The van der Waals surface area contributed by atoms with Gasteiger partial charge in [0, 0.05) is 39.4 Å². The van der Waals surface area contributed by atoms with Gasteiger partial charge in [0.1, 0.15) is 5.82 Å². The molecular formula is C21H26FN3O3S. The van der Waals surface area contributed by atoms with Gasteiger partial charge < -0.3 is 10.2 Å². The number of carbonyl (C=O) groups excluding carboxylic acids is 1. The van der Waals surface area contributed by atoms with Crippen molar-refractivity contribution in [2.45, 2.75) is 24.3 Å². The molecule has 3 rings (SSSR count). The zero-order chi connectivity index (χ0) is 21.0. The highest BCUT2D eigenvalue weighted by atomic mass is 32.2. The maximum atomic E-state index is 13.1. The molecule has 29 heavy (non-hydrogen) atoms. The van der Waals surface area contributed by atoms with Crippen molar-refractivity contribution in [1.82, 2.24) is 9.62 Å². The summed E-state index contributed by atoms with van der Waals surface area (Å²) >= 11 is 0. The first-order valence-electron chi connectivity index (χ1n) is 9.57. The predicted octanol–water partition coefficient (Wildman–Crippen LogP) is 2.61. The van der Waals surface area contributed by atoms with Crippen molar-refractivity contribution in [1.29, 1.82) is 0 Å². The molecular weight excluding hydrogens is 393 g/mol. The summed E-state index contributed by atoms with van der Waals surface area (Å²) in [5, 5.41) is 2.91. The molecule has 6 nitrogen and oxygen atoms in total. The number of amides is 1. The Bertz CT molecular complexity index is 944. The van der Waals surface area contributed by atoms with Crippen LogP contribution in [-0.2, 0) is 21.4 Å². The summed E-state index contributed by atoms with van der Waals surface area (Å²) in [7, 11) is 0.185. The van der Waals surface area contributed by atoms with E-state index in [9.17, 15) is 17.6 Å². The monoisotopic (exact) mass is 419 g/mol. The van der Waals surface area contributed by atoms with Gasteiger partial charge in [0.15, 0.2) is 0 Å². The van der Waals surface area contributed by atoms with Crippen LogP contribution in [0, 0.1) is 11.7 Å². The first-order chi connectivity index (χ1) is 13.8. The second-order valence-electron chi connectivity index (χ2n) is 7.43. The number of piperidine rings is 1. The van der Waals surface area contributed by atoms with E-state index in [1.807, 2.05) is 43.3 Å². The van der Waals surface area contributed by atoms with Gasteiger partial charge in [-0.15, -0.1) is 0 Å². The Morgan fingerprint density at radius 3 is 2.41 bits per heavy atom. The topological polar surface area (TPSA) is 69.7 Å². The van der Waals surface area contributed by atoms with E-state index >= 15 is 0 Å². The van der Waals surface area contributed by atoms with Crippen molar-refractivity contribution >= 4 is 21.6 Å². The zero-order valence-electron chi connectivity index (χ0n) is 16.6. The third-order valence-corrected chi connectivity index (χ3v) is 7.01. The van der Waals surface area contributed by atoms with E-state index in [0.717, 1.165) is 23.4 Å². The molecule has 1 aliphatic rings. The largest absolute Gasteiger partial charge is 0.378 e. The molecule has 0 spiro atoms. The van der Waals surface area contributed by atoms with Gasteiger partial charge in [0.2, 0.25) is 15.9 Å². The highest BCUT2D eigenvalue weighted by Gasteiger charge is 2.33. The lowest BCUT2D eigenvalue weighted by molar-refractivity contribution is -0.126. The third kappa shape index (κ3) is 5.13. The standard InChI is InChI=1S/C21H26FN3O3S/c1-24(2)19-9-5-16(6-10-19)14-23-21(26)17-4-3-13-25(15-17)29(27,28)20-11-7-18(22)8-12-20/h5-12,17H,3-4,13-15H2,1-2H3,(H,23,26)/t17-/m1/s1. The molecule has 1 heterocycles. The molecule has 1 aliphatic heterocycles. The average Bonchev–Trinajstić information content (AvgIpc) is 2.72. The fourth-order valence-electron chi connectivity index (χ4n) is 3.38. The fraction of sp³-hybridized carbons (Fsp3) is 0.381. The molecule has 0 aliphatic carbocycles. The third-order valence-electron chi connectivity index (χ3n) is 5.13. The predicted molar refractivity (Wildman–Crippen MR) is 110 cm³/mol. The highest BCUT2D eigenvalue weighted by Crippen LogP contribution is 2.24. The van der Waals surface area contributed by atoms with Crippen LogP contribution in [0.3, 0.4) is 0 Å². The second kappa shape index (κ2) is 8.92. The van der Waals surface area contributed by atoms with Gasteiger partial charge in [-0.2, -0.15) is 4.31 Å². The molecule has 0 radical (unpaired) electrons. The van der Waals surface area contributed by atoms with Gasteiger partial charge in [0.05, 0.1) is 10.8 Å². The van der Waals surface area contributed by atoms with Gasteiger partial charge in [-0.05, 0) is 54.8 Å². The van der Waals surface area contributed by atoms with Gasteiger partial charge in [0.25, 0.3) is 0 Å². The number of hydrogen-bond donors (Lipinski definition) is 1. The lowest BCUT2D eigenvalue weighted by Crippen LogP contribution is -2.45. The van der Waals surface area contributed by atoms with Crippen molar-refractivity contribution in [3.05, 3.63) is 59.9 Å². The minimum atomic E-state index is -3.74. The minimum Gasteiger partial charge on any atom is -0.378 e. The molecule has 1 N–H and O–H groups in total. The van der Waals surface area contributed by atoms with Crippen LogP contribution in [0.2, 0.25) is 0 Å². The lowest BCUT2D eigenvalue weighted by Gasteiger charge is -2.31. The van der Waals surface area contributed by atoms with E-state index in [-0.39, 0.29) is 17.3 Å². The molecule has 1 atom stereocenters. The molecule has 8 heteroatoms. The van der Waals surface area contributed by atoms with Crippen LogP contribution in [0.4, 0.5) is 10.1 Å². The number of anilines is 1. The summed E-state index contributed by atoms with van der Waals surface area (Å²) < 4.78 is 40.0. The number of benzene rings is 2. The van der Waals surface area contributed by atoms with Crippen molar-refractivity contribution in [3.8, 4) is 0 Å². The Morgan fingerprint density at radius 1 is 1.14 bits per heavy atom. The summed E-state index contributed by atoms with van der Waals surface area (Å²) in [6, 6.07) is 12.7. The van der Waals surface area contributed by atoms with Crippen LogP contribution >= 0.6 is 0 Å². The summed E-state index contributed by atoms with van der Waals surface area (Å²) in [6.07, 6.45) is 1.25. The zero-order valence-corrected chi connectivity index (χ0v) is 17.5. The van der Waals surface area contributed by atoms with Gasteiger partial charge >= 0.3 is 0 Å². The molecule has 0 unspecified atom stereocenters. The Morgan fingerprint density at radius 2 is 1.79 bits per heavy atom. The molecule has 1 saturated heterocycles. The first-order valence-corrected chi connectivity index (χ1v) is 11.0. The quantitative estimate of drug-likeness (QED) is 0.782. The van der Waals surface area contributed by atoms with Gasteiger partial charge in [-0.25, -0.2) is 12.8 Å². The number of nitrogens with one attached hydrogen (secondary N) is 1. The molecule has 156 valence electrons. The fourth-order valence-corrected chi connectivity index (χ4v) is 4.90. The highest BCUT2D eigenvalue weighted by molar-refractivity contribution is 7.89. The van der Waals surface area contributed by atoms with Crippen LogP contribution in [0.5, 0.6) is 0 Å². The van der Waals surface area contributed by atoms with Crippen LogP contribution in [-0.4, -0.2) is 45.8 Å². The maximum absolute atomic E-state index is 13.1. The number of hydrogen-bond acceptors (Lipinski definition) is 4. The number of carbonyl (C=O) groups is 1. The van der Waals surface area contributed by atoms with E-state index in [1.165, 1.54) is 16.4 Å². The molecule has 2 aromatic carbocycles. The summed E-state index contributed by atoms with van der Waals surface area (Å²) in [5.74, 6) is -1.04. The Hall–Kier alpha value is -2.45. The minimum absolute atomic E-state index is 0.0425. The van der Waals surface area contributed by atoms with E-state index in [4.69, 9.17) is 0 Å². The van der Waals surface area contributed by atoms with E-state index in [0.29, 0.717) is 25.9 Å². The Kier molecular flexibility index (Phi) is 6.54. The Labute approximate surface area is 171 Å². The van der Waals surface area contributed by atoms with Gasteiger partial charge in [-0.1, -0.05) is 12.1 Å². The summed E-state index contributed by atoms with van der Waals surface area (Å²) in [6.45, 7) is 0.883. The second-order valence-corrected chi connectivity index (χ2v) is 9.37.